The molecule has 3 heterocycles. The van der Waals surface area contributed by atoms with Crippen molar-refractivity contribution in [3.63, 3.8) is 0 Å². The minimum Gasteiger partial charge on any atom is -0.373 e. The summed E-state index contributed by atoms with van der Waals surface area (Å²) in [6.45, 7) is 2.35. The summed E-state index contributed by atoms with van der Waals surface area (Å²) in [4.78, 5) is 0. The van der Waals surface area contributed by atoms with Crippen LogP contribution in [0.5, 0.6) is 0 Å². The predicted octanol–water partition coefficient (Wildman–Crippen LogP) is 1.79. The van der Waals surface area contributed by atoms with Crippen LogP contribution in [0.3, 0.4) is 0 Å². The fourth-order valence-corrected chi connectivity index (χ4v) is 4.25. The molecule has 80 valence electrons. The Balaban J connectivity index is 1.57. The number of thioether (sulfide) groups is 1. The third-order valence-corrected chi connectivity index (χ3v) is 5.24. The first-order valence-corrected chi connectivity index (χ1v) is 6.91. The van der Waals surface area contributed by atoms with Crippen molar-refractivity contribution in [1.29, 1.82) is 0 Å². The predicted molar refractivity (Wildman–Crippen MR) is 59.8 cm³/mol. The van der Waals surface area contributed by atoms with Gasteiger partial charge in [0.25, 0.3) is 0 Å². The molecular formula is C11H19NOS. The summed E-state index contributed by atoms with van der Waals surface area (Å²) in [6, 6.07) is 1.41. The van der Waals surface area contributed by atoms with E-state index >= 15 is 0 Å². The SMILES string of the molecule is CC1SCCC1N[C@@H]1C[C@H]2CC[C@@H]1O2. The average molecular weight is 213 g/mol. The Hall–Kier alpha value is 0.270. The number of rotatable bonds is 2. The van der Waals surface area contributed by atoms with Gasteiger partial charge in [-0.3, -0.25) is 0 Å². The van der Waals surface area contributed by atoms with E-state index in [9.17, 15) is 0 Å². The lowest BCUT2D eigenvalue weighted by molar-refractivity contribution is 0.0960. The van der Waals surface area contributed by atoms with Crippen molar-refractivity contribution >= 4 is 11.8 Å². The minimum atomic E-state index is 0.540. The summed E-state index contributed by atoms with van der Waals surface area (Å²) < 4.78 is 5.86. The van der Waals surface area contributed by atoms with Crippen LogP contribution in [0.25, 0.3) is 0 Å². The standard InChI is InChI=1S/C11H19NOS/c1-7-9(4-5-14-7)12-10-6-8-2-3-11(10)13-8/h7-12H,2-6H2,1H3/t7?,8-,9?,10-,11+/m1/s1. The number of ether oxygens (including phenoxy) is 1. The van der Waals surface area contributed by atoms with E-state index in [-0.39, 0.29) is 0 Å². The Morgan fingerprint density at radius 3 is 2.71 bits per heavy atom. The monoisotopic (exact) mass is 213 g/mol. The Labute approximate surface area is 90.2 Å². The first-order chi connectivity index (χ1) is 6.83. The van der Waals surface area contributed by atoms with E-state index in [4.69, 9.17) is 4.74 Å². The van der Waals surface area contributed by atoms with E-state index in [1.165, 1.54) is 31.4 Å². The molecule has 3 aliphatic heterocycles. The highest BCUT2D eigenvalue weighted by molar-refractivity contribution is 8.00. The number of nitrogens with one attached hydrogen (secondary N) is 1. The molecule has 0 aromatic carbocycles. The Morgan fingerprint density at radius 2 is 2.14 bits per heavy atom. The Morgan fingerprint density at radius 1 is 1.21 bits per heavy atom. The van der Waals surface area contributed by atoms with Gasteiger partial charge in [-0.2, -0.15) is 11.8 Å². The Kier molecular flexibility index (Phi) is 2.50. The van der Waals surface area contributed by atoms with Crippen LogP contribution in [0.1, 0.15) is 32.6 Å². The fraction of sp³-hybridized carbons (Fsp3) is 1.00. The fourth-order valence-electron chi connectivity index (χ4n) is 3.04. The van der Waals surface area contributed by atoms with Crippen molar-refractivity contribution < 1.29 is 4.74 Å². The molecule has 3 fully saturated rings. The zero-order valence-electron chi connectivity index (χ0n) is 8.74. The summed E-state index contributed by atoms with van der Waals surface area (Å²) in [7, 11) is 0. The van der Waals surface area contributed by atoms with Gasteiger partial charge in [0.15, 0.2) is 0 Å². The van der Waals surface area contributed by atoms with Crippen LogP contribution < -0.4 is 5.32 Å². The largest absolute Gasteiger partial charge is 0.373 e. The summed E-state index contributed by atoms with van der Waals surface area (Å²) in [5.74, 6) is 1.33. The van der Waals surface area contributed by atoms with Crippen LogP contribution in [0, 0.1) is 0 Å². The molecule has 0 radical (unpaired) electrons. The molecule has 0 aliphatic carbocycles. The topological polar surface area (TPSA) is 21.3 Å². The van der Waals surface area contributed by atoms with E-state index in [2.05, 4.69) is 24.0 Å². The Bertz CT molecular complexity index is 223. The number of hydrogen-bond acceptors (Lipinski definition) is 3. The highest BCUT2D eigenvalue weighted by Crippen LogP contribution is 2.36. The van der Waals surface area contributed by atoms with Gasteiger partial charge >= 0.3 is 0 Å². The molecule has 3 saturated heterocycles. The number of hydrogen-bond donors (Lipinski definition) is 1. The first-order valence-electron chi connectivity index (χ1n) is 5.86. The lowest BCUT2D eigenvalue weighted by Crippen LogP contribution is -2.45. The molecule has 2 unspecified atom stereocenters. The molecule has 14 heavy (non-hydrogen) atoms. The third-order valence-electron chi connectivity index (χ3n) is 3.91. The lowest BCUT2D eigenvalue weighted by Gasteiger charge is -2.26. The smallest absolute Gasteiger partial charge is 0.0733 e. The van der Waals surface area contributed by atoms with Crippen LogP contribution in [0.4, 0.5) is 0 Å². The van der Waals surface area contributed by atoms with Gasteiger partial charge < -0.3 is 10.1 Å². The summed E-state index contributed by atoms with van der Waals surface area (Å²) >= 11 is 2.11. The molecule has 5 atom stereocenters. The number of fused-ring (bicyclic) bond motifs is 2. The van der Waals surface area contributed by atoms with Gasteiger partial charge in [0, 0.05) is 17.3 Å². The second-order valence-corrected chi connectivity index (χ2v) is 6.34. The summed E-state index contributed by atoms with van der Waals surface area (Å²) in [6.07, 6.45) is 6.33. The molecule has 1 N–H and O–H groups in total. The third kappa shape index (κ3) is 1.59. The van der Waals surface area contributed by atoms with Crippen molar-refractivity contribution in [1.82, 2.24) is 5.32 Å². The maximum atomic E-state index is 5.86. The molecule has 2 bridgehead atoms. The minimum absolute atomic E-state index is 0.540. The van der Waals surface area contributed by atoms with Gasteiger partial charge in [-0.1, -0.05) is 6.92 Å². The molecular weight excluding hydrogens is 194 g/mol. The van der Waals surface area contributed by atoms with Gasteiger partial charge in [-0.25, -0.2) is 0 Å². The second-order valence-electron chi connectivity index (χ2n) is 4.85. The van der Waals surface area contributed by atoms with E-state index in [1.54, 1.807) is 0 Å². The van der Waals surface area contributed by atoms with E-state index in [1.807, 2.05) is 0 Å². The molecule has 3 aliphatic rings. The zero-order valence-corrected chi connectivity index (χ0v) is 9.56. The van der Waals surface area contributed by atoms with E-state index in [0.29, 0.717) is 18.2 Å². The van der Waals surface area contributed by atoms with Crippen molar-refractivity contribution in [2.24, 2.45) is 0 Å². The zero-order chi connectivity index (χ0) is 9.54. The average Bonchev–Trinajstić information content (AvgIpc) is 2.83. The van der Waals surface area contributed by atoms with Gasteiger partial charge in [0.05, 0.1) is 12.2 Å². The molecule has 0 aromatic rings. The summed E-state index contributed by atoms with van der Waals surface area (Å²) in [5.41, 5.74) is 0. The molecule has 3 rings (SSSR count). The molecule has 0 amide bonds. The lowest BCUT2D eigenvalue weighted by atomic mass is 9.94. The molecule has 0 spiro atoms. The highest BCUT2D eigenvalue weighted by atomic mass is 32.2. The first kappa shape index (κ1) is 9.49. The maximum absolute atomic E-state index is 5.86. The van der Waals surface area contributed by atoms with Crippen molar-refractivity contribution in [2.75, 3.05) is 5.75 Å². The van der Waals surface area contributed by atoms with Crippen LogP contribution in [0.15, 0.2) is 0 Å². The van der Waals surface area contributed by atoms with Crippen molar-refractivity contribution in [2.45, 2.75) is 62.1 Å². The molecule has 0 aromatic heterocycles. The van der Waals surface area contributed by atoms with Crippen LogP contribution in [-0.2, 0) is 4.74 Å². The van der Waals surface area contributed by atoms with Gasteiger partial charge in [0.2, 0.25) is 0 Å². The highest BCUT2D eigenvalue weighted by Gasteiger charge is 2.42. The van der Waals surface area contributed by atoms with Crippen molar-refractivity contribution in [3.05, 3.63) is 0 Å². The second kappa shape index (κ2) is 3.69. The van der Waals surface area contributed by atoms with Gasteiger partial charge in [0.1, 0.15) is 0 Å². The normalized spacial score (nSPS) is 51.6. The maximum Gasteiger partial charge on any atom is 0.0733 e. The molecule has 0 saturated carbocycles. The van der Waals surface area contributed by atoms with Crippen LogP contribution in [-0.4, -0.2) is 35.3 Å². The van der Waals surface area contributed by atoms with Gasteiger partial charge in [-0.05, 0) is 31.4 Å². The van der Waals surface area contributed by atoms with E-state index < -0.39 is 0 Å². The van der Waals surface area contributed by atoms with Crippen molar-refractivity contribution in [3.8, 4) is 0 Å². The quantitative estimate of drug-likeness (QED) is 0.755. The molecule has 3 heteroatoms. The van der Waals surface area contributed by atoms with Crippen LogP contribution >= 0.6 is 11.8 Å². The molecule has 2 nitrogen and oxygen atoms in total. The van der Waals surface area contributed by atoms with E-state index in [0.717, 1.165) is 11.3 Å². The van der Waals surface area contributed by atoms with Crippen LogP contribution in [0.2, 0.25) is 0 Å². The summed E-state index contributed by atoms with van der Waals surface area (Å²) in [5, 5.41) is 4.61. The van der Waals surface area contributed by atoms with Gasteiger partial charge in [-0.15, -0.1) is 0 Å².